The van der Waals surface area contributed by atoms with E-state index in [9.17, 15) is 13.2 Å². The second-order valence-corrected chi connectivity index (χ2v) is 8.22. The first-order valence-electron chi connectivity index (χ1n) is 7.96. The summed E-state index contributed by atoms with van der Waals surface area (Å²) in [6.07, 6.45) is 0.831. The lowest BCUT2D eigenvalue weighted by molar-refractivity contribution is 0.0944. The molecule has 1 aliphatic heterocycles. The number of hydrogen-bond donors (Lipinski definition) is 3. The molecule has 3 N–H and O–H groups in total. The van der Waals surface area contributed by atoms with E-state index >= 15 is 0 Å². The van der Waals surface area contributed by atoms with Crippen molar-refractivity contribution in [2.45, 2.75) is 24.4 Å². The zero-order valence-electron chi connectivity index (χ0n) is 14.2. The first-order valence-corrected chi connectivity index (χ1v) is 9.40. The highest BCUT2D eigenvalue weighted by Gasteiger charge is 2.21. The number of nitrogens with one attached hydrogen (secondary N) is 3. The van der Waals surface area contributed by atoms with Crippen molar-refractivity contribution in [1.82, 2.24) is 25.1 Å². The van der Waals surface area contributed by atoms with E-state index in [2.05, 4.69) is 20.8 Å². The van der Waals surface area contributed by atoms with E-state index in [1.165, 1.54) is 30.5 Å². The number of aromatic amines is 1. The van der Waals surface area contributed by atoms with Crippen LogP contribution in [0.5, 0.6) is 0 Å². The number of H-pyrrole nitrogens is 1. The van der Waals surface area contributed by atoms with Gasteiger partial charge >= 0.3 is 0 Å². The number of rotatable bonds is 5. The van der Waals surface area contributed by atoms with Gasteiger partial charge in [0.15, 0.2) is 5.69 Å². The van der Waals surface area contributed by atoms with Crippen LogP contribution in [0, 0.1) is 0 Å². The Kier molecular flexibility index (Phi) is 4.89. The summed E-state index contributed by atoms with van der Waals surface area (Å²) in [7, 11) is -0.468. The highest BCUT2D eigenvalue weighted by molar-refractivity contribution is 7.89. The van der Waals surface area contributed by atoms with Gasteiger partial charge in [-0.3, -0.25) is 9.89 Å². The molecular weight excluding hydrogens is 342 g/mol. The number of carbonyl (C=O) groups is 1. The maximum atomic E-state index is 12.3. The third kappa shape index (κ3) is 3.58. The van der Waals surface area contributed by atoms with Crippen molar-refractivity contribution in [3.05, 3.63) is 46.8 Å². The third-order valence-corrected chi connectivity index (χ3v) is 6.01. The predicted octanol–water partition coefficient (Wildman–Crippen LogP) is 0.236. The molecule has 2 heterocycles. The number of amides is 1. The van der Waals surface area contributed by atoms with Gasteiger partial charge in [-0.15, -0.1) is 0 Å². The minimum atomic E-state index is -3.45. The minimum absolute atomic E-state index is 0.222. The number of benzene rings is 1. The molecule has 25 heavy (non-hydrogen) atoms. The van der Waals surface area contributed by atoms with E-state index in [1.54, 1.807) is 12.1 Å². The van der Waals surface area contributed by atoms with Gasteiger partial charge in [0.05, 0.1) is 4.90 Å². The molecule has 1 aromatic heterocycles. The van der Waals surface area contributed by atoms with Gasteiger partial charge in [0.1, 0.15) is 0 Å². The van der Waals surface area contributed by atoms with Crippen molar-refractivity contribution < 1.29 is 13.2 Å². The molecule has 1 aliphatic rings. The van der Waals surface area contributed by atoms with Crippen LogP contribution in [0.1, 0.15) is 27.3 Å². The zero-order chi connectivity index (χ0) is 18.0. The zero-order valence-corrected chi connectivity index (χ0v) is 15.0. The van der Waals surface area contributed by atoms with Crippen molar-refractivity contribution in [3.8, 4) is 0 Å². The molecule has 0 radical (unpaired) electrons. The molecule has 0 spiro atoms. The van der Waals surface area contributed by atoms with E-state index in [0.717, 1.165) is 29.8 Å². The standard InChI is InChI=1S/C16H21N5O3S/c1-21(2)25(23,24)12-5-3-11(4-6-12)9-18-16(22)15-13-10-17-8-7-14(13)19-20-15/h3-6,17H,7-10H2,1-2H3,(H,18,22)(H,19,20). The van der Waals surface area contributed by atoms with Gasteiger partial charge in [-0.2, -0.15) is 5.10 Å². The maximum absolute atomic E-state index is 12.3. The minimum Gasteiger partial charge on any atom is -0.347 e. The van der Waals surface area contributed by atoms with Gasteiger partial charge in [-0.25, -0.2) is 12.7 Å². The van der Waals surface area contributed by atoms with Crippen LogP contribution in [0.25, 0.3) is 0 Å². The molecular formula is C16H21N5O3S. The lowest BCUT2D eigenvalue weighted by atomic mass is 10.1. The third-order valence-electron chi connectivity index (χ3n) is 4.18. The van der Waals surface area contributed by atoms with Crippen molar-refractivity contribution >= 4 is 15.9 Å². The van der Waals surface area contributed by atoms with Crippen LogP contribution < -0.4 is 10.6 Å². The summed E-state index contributed by atoms with van der Waals surface area (Å²) in [4.78, 5) is 12.6. The monoisotopic (exact) mass is 363 g/mol. The normalized spacial score (nSPS) is 14.4. The Morgan fingerprint density at radius 1 is 1.28 bits per heavy atom. The van der Waals surface area contributed by atoms with Gasteiger partial charge in [-0.05, 0) is 17.7 Å². The summed E-state index contributed by atoms with van der Waals surface area (Å²) in [5.74, 6) is -0.244. The molecule has 3 rings (SSSR count). The first kappa shape index (κ1) is 17.6. The molecule has 8 nitrogen and oxygen atoms in total. The Labute approximate surface area is 146 Å². The molecule has 0 unspecified atom stereocenters. The number of fused-ring (bicyclic) bond motifs is 1. The lowest BCUT2D eigenvalue weighted by Gasteiger charge is -2.13. The van der Waals surface area contributed by atoms with Crippen LogP contribution in [-0.4, -0.2) is 49.5 Å². The van der Waals surface area contributed by atoms with Crippen molar-refractivity contribution in [1.29, 1.82) is 0 Å². The van der Waals surface area contributed by atoms with Gasteiger partial charge in [0, 0.05) is 51.4 Å². The SMILES string of the molecule is CN(C)S(=O)(=O)c1ccc(CNC(=O)c2n[nH]c3c2CNCC3)cc1. The van der Waals surface area contributed by atoms with Crippen LogP contribution in [-0.2, 0) is 29.5 Å². The Bertz CT molecular complexity index is 872. The molecule has 9 heteroatoms. The van der Waals surface area contributed by atoms with E-state index in [4.69, 9.17) is 0 Å². The summed E-state index contributed by atoms with van der Waals surface area (Å²) in [6.45, 7) is 1.81. The van der Waals surface area contributed by atoms with E-state index in [0.29, 0.717) is 18.8 Å². The molecule has 2 aromatic rings. The Morgan fingerprint density at radius 2 is 2.00 bits per heavy atom. The van der Waals surface area contributed by atoms with E-state index < -0.39 is 10.0 Å². The molecule has 1 amide bonds. The van der Waals surface area contributed by atoms with Crippen molar-refractivity contribution in [3.63, 3.8) is 0 Å². The van der Waals surface area contributed by atoms with Crippen LogP contribution in [0.3, 0.4) is 0 Å². The van der Waals surface area contributed by atoms with Crippen LogP contribution >= 0.6 is 0 Å². The molecule has 0 bridgehead atoms. The van der Waals surface area contributed by atoms with E-state index in [1.807, 2.05) is 0 Å². The number of hydrogen-bond acceptors (Lipinski definition) is 5. The van der Waals surface area contributed by atoms with Crippen LogP contribution in [0.4, 0.5) is 0 Å². The number of nitrogens with zero attached hydrogens (tertiary/aromatic N) is 2. The summed E-state index contributed by atoms with van der Waals surface area (Å²) >= 11 is 0. The molecule has 134 valence electrons. The average Bonchev–Trinajstić information content (AvgIpc) is 3.04. The molecule has 0 atom stereocenters. The number of sulfonamides is 1. The van der Waals surface area contributed by atoms with Gasteiger partial charge < -0.3 is 10.6 Å². The highest BCUT2D eigenvalue weighted by Crippen LogP contribution is 2.16. The molecule has 0 saturated heterocycles. The fourth-order valence-electron chi connectivity index (χ4n) is 2.67. The molecule has 1 aromatic carbocycles. The molecule has 0 aliphatic carbocycles. The van der Waals surface area contributed by atoms with Crippen molar-refractivity contribution in [2.75, 3.05) is 20.6 Å². The fourth-order valence-corrected chi connectivity index (χ4v) is 3.57. The van der Waals surface area contributed by atoms with Crippen molar-refractivity contribution in [2.24, 2.45) is 0 Å². The number of carbonyl (C=O) groups excluding carboxylic acids is 1. The highest BCUT2D eigenvalue weighted by atomic mass is 32.2. The summed E-state index contributed by atoms with van der Waals surface area (Å²) in [5.41, 5.74) is 3.14. The number of aromatic nitrogens is 2. The second kappa shape index (κ2) is 6.95. The van der Waals surface area contributed by atoms with Crippen LogP contribution in [0.15, 0.2) is 29.2 Å². The summed E-state index contributed by atoms with van der Waals surface area (Å²) in [5, 5.41) is 13.1. The molecule has 0 saturated carbocycles. The average molecular weight is 363 g/mol. The second-order valence-electron chi connectivity index (χ2n) is 6.07. The smallest absolute Gasteiger partial charge is 0.272 e. The summed E-state index contributed by atoms with van der Waals surface area (Å²) < 4.78 is 25.2. The fraction of sp³-hybridized carbons (Fsp3) is 0.375. The largest absolute Gasteiger partial charge is 0.347 e. The van der Waals surface area contributed by atoms with E-state index in [-0.39, 0.29) is 10.8 Å². The Balaban J connectivity index is 1.66. The Morgan fingerprint density at radius 3 is 2.68 bits per heavy atom. The quantitative estimate of drug-likeness (QED) is 0.705. The van der Waals surface area contributed by atoms with Gasteiger partial charge in [-0.1, -0.05) is 12.1 Å². The first-order chi connectivity index (χ1) is 11.9. The van der Waals surface area contributed by atoms with Gasteiger partial charge in [0.2, 0.25) is 10.0 Å². The Hall–Kier alpha value is -2.23. The van der Waals surface area contributed by atoms with Gasteiger partial charge in [0.25, 0.3) is 5.91 Å². The maximum Gasteiger partial charge on any atom is 0.272 e. The predicted molar refractivity (Wildman–Crippen MR) is 92.5 cm³/mol. The topological polar surface area (TPSA) is 107 Å². The van der Waals surface area contributed by atoms with Crippen LogP contribution in [0.2, 0.25) is 0 Å². The lowest BCUT2D eigenvalue weighted by Crippen LogP contribution is -2.28. The molecule has 0 fully saturated rings. The summed E-state index contributed by atoms with van der Waals surface area (Å²) in [6, 6.07) is 6.46.